The number of anilines is 2. The quantitative estimate of drug-likeness (QED) is 0.295. The lowest BCUT2D eigenvalue weighted by Gasteiger charge is -2.28. The highest BCUT2D eigenvalue weighted by molar-refractivity contribution is 5.93. The number of amides is 1. The first-order chi connectivity index (χ1) is 21.5. The van der Waals surface area contributed by atoms with Crippen molar-refractivity contribution in [3.8, 4) is 34.9 Å². The van der Waals surface area contributed by atoms with E-state index in [9.17, 15) is 15.2 Å². The Balaban J connectivity index is 1.14. The molecule has 1 amide bonds. The van der Waals surface area contributed by atoms with E-state index in [0.29, 0.717) is 41.3 Å². The third kappa shape index (κ3) is 5.96. The van der Waals surface area contributed by atoms with Crippen molar-refractivity contribution in [1.82, 2.24) is 35.1 Å². The molecule has 0 aliphatic carbocycles. The number of benzene rings is 1. The van der Waals surface area contributed by atoms with E-state index < -0.39 is 0 Å². The Hall–Kier alpha value is -6.01. The number of carbonyl (C=O) groups excluding carboxylic acids is 1. The average Bonchev–Trinajstić information content (AvgIpc) is 3.40. The van der Waals surface area contributed by atoms with Crippen LogP contribution in [0.3, 0.4) is 0 Å². The molecule has 0 radical (unpaired) electrons. The topological polar surface area (TPSA) is 148 Å². The van der Waals surface area contributed by atoms with Crippen molar-refractivity contribution in [3.05, 3.63) is 90.1 Å². The van der Waals surface area contributed by atoms with E-state index in [1.807, 2.05) is 24.3 Å². The van der Waals surface area contributed by atoms with Crippen molar-refractivity contribution < 1.29 is 9.90 Å². The SMILES string of the molecule is CC1CCN(c2cnnc(-c3ccccc3O)c2)CCN1c1ccc(C#N)c(C#CCNC(=O)c2cc3ncccn3n2)n1. The number of phenols is 1. The molecule has 0 bridgehead atoms. The second kappa shape index (κ2) is 12.5. The number of fused-ring (bicyclic) bond motifs is 1. The molecule has 1 aliphatic heterocycles. The minimum absolute atomic E-state index is 0.0642. The summed E-state index contributed by atoms with van der Waals surface area (Å²) in [6, 6.07) is 18.3. The van der Waals surface area contributed by atoms with Crippen LogP contribution in [0.2, 0.25) is 0 Å². The minimum Gasteiger partial charge on any atom is -0.507 e. The Bertz CT molecular complexity index is 1900. The smallest absolute Gasteiger partial charge is 0.272 e. The van der Waals surface area contributed by atoms with Crippen molar-refractivity contribution in [2.24, 2.45) is 0 Å². The van der Waals surface area contributed by atoms with Crippen molar-refractivity contribution in [1.29, 1.82) is 5.26 Å². The van der Waals surface area contributed by atoms with Crippen LogP contribution in [0.4, 0.5) is 11.5 Å². The summed E-state index contributed by atoms with van der Waals surface area (Å²) in [5, 5.41) is 35.3. The number of para-hydroxylation sites is 1. The number of carbonyl (C=O) groups is 1. The van der Waals surface area contributed by atoms with E-state index in [0.717, 1.165) is 24.5 Å². The number of hydrogen-bond acceptors (Lipinski definition) is 10. The number of nitriles is 1. The molecule has 1 aromatic carbocycles. The van der Waals surface area contributed by atoms with Gasteiger partial charge in [0.15, 0.2) is 11.3 Å². The zero-order valence-corrected chi connectivity index (χ0v) is 23.9. The zero-order chi connectivity index (χ0) is 30.5. The van der Waals surface area contributed by atoms with Gasteiger partial charge in [0.1, 0.15) is 23.3 Å². The maximum absolute atomic E-state index is 12.5. The summed E-state index contributed by atoms with van der Waals surface area (Å²) in [4.78, 5) is 25.9. The van der Waals surface area contributed by atoms with E-state index in [2.05, 4.69) is 60.2 Å². The molecule has 1 unspecified atom stereocenters. The molecule has 5 aromatic rings. The minimum atomic E-state index is -0.368. The van der Waals surface area contributed by atoms with Gasteiger partial charge in [-0.25, -0.2) is 14.5 Å². The van der Waals surface area contributed by atoms with Crippen LogP contribution < -0.4 is 15.1 Å². The van der Waals surface area contributed by atoms with Gasteiger partial charge in [-0.3, -0.25) is 4.79 Å². The van der Waals surface area contributed by atoms with Crippen LogP contribution in [0.25, 0.3) is 16.9 Å². The molecule has 1 atom stereocenters. The summed E-state index contributed by atoms with van der Waals surface area (Å²) in [7, 11) is 0. The fourth-order valence-corrected chi connectivity index (χ4v) is 5.09. The molecule has 1 aliphatic rings. The standard InChI is InChI=1S/C32H28N10O2/c1-22-11-15-40(24-18-27(38-36-21-24)25-6-2-3-8-29(25)43)16-17-41(22)30-10-9-23(20-33)26(37-30)7-4-12-35-32(44)28-19-31-34-13-5-14-42(31)39-28/h2-3,5-6,8-10,13-14,18-19,21-22,43H,11-12,15-17H2,1H3,(H,35,44). The summed E-state index contributed by atoms with van der Waals surface area (Å²) in [5.74, 6) is 6.39. The normalized spacial score (nSPS) is 14.8. The molecule has 12 heteroatoms. The van der Waals surface area contributed by atoms with Crippen molar-refractivity contribution in [3.63, 3.8) is 0 Å². The summed E-state index contributed by atoms with van der Waals surface area (Å²) in [6.45, 7) is 4.41. The predicted molar refractivity (Wildman–Crippen MR) is 164 cm³/mol. The molecule has 0 saturated carbocycles. The summed E-state index contributed by atoms with van der Waals surface area (Å²) < 4.78 is 1.53. The number of nitrogens with zero attached hydrogens (tertiary/aromatic N) is 9. The maximum atomic E-state index is 12.5. The Morgan fingerprint density at radius 2 is 2.02 bits per heavy atom. The second-order valence-electron chi connectivity index (χ2n) is 10.2. The van der Waals surface area contributed by atoms with Gasteiger partial charge in [0.25, 0.3) is 5.91 Å². The summed E-state index contributed by atoms with van der Waals surface area (Å²) >= 11 is 0. The van der Waals surface area contributed by atoms with Crippen LogP contribution in [0, 0.1) is 23.2 Å². The molecular formula is C32H28N10O2. The monoisotopic (exact) mass is 584 g/mol. The maximum Gasteiger partial charge on any atom is 0.272 e. The highest BCUT2D eigenvalue weighted by Crippen LogP contribution is 2.30. The van der Waals surface area contributed by atoms with E-state index in [1.54, 1.807) is 48.9 Å². The van der Waals surface area contributed by atoms with Crippen molar-refractivity contribution >= 4 is 23.1 Å². The Labute approximate surface area is 253 Å². The molecule has 2 N–H and O–H groups in total. The third-order valence-corrected chi connectivity index (χ3v) is 7.45. The number of aromatic nitrogens is 6. The van der Waals surface area contributed by atoms with E-state index in [4.69, 9.17) is 4.98 Å². The van der Waals surface area contributed by atoms with Crippen molar-refractivity contribution in [2.75, 3.05) is 36.0 Å². The lowest BCUT2D eigenvalue weighted by molar-refractivity contribution is 0.0953. The molecule has 4 aromatic heterocycles. The zero-order valence-electron chi connectivity index (χ0n) is 23.9. The fourth-order valence-electron chi connectivity index (χ4n) is 5.09. The first-order valence-electron chi connectivity index (χ1n) is 14.1. The van der Waals surface area contributed by atoms with Gasteiger partial charge in [0.05, 0.1) is 29.7 Å². The van der Waals surface area contributed by atoms with Gasteiger partial charge < -0.3 is 20.2 Å². The van der Waals surface area contributed by atoms with E-state index in [1.165, 1.54) is 4.52 Å². The molecule has 5 heterocycles. The Morgan fingerprint density at radius 1 is 1.14 bits per heavy atom. The Kier molecular flexibility index (Phi) is 7.97. The summed E-state index contributed by atoms with van der Waals surface area (Å²) in [6.07, 6.45) is 5.95. The van der Waals surface area contributed by atoms with E-state index in [-0.39, 0.29) is 29.9 Å². The third-order valence-electron chi connectivity index (χ3n) is 7.45. The lowest BCUT2D eigenvalue weighted by Crippen LogP contribution is -2.35. The lowest BCUT2D eigenvalue weighted by atomic mass is 10.1. The first-order valence-corrected chi connectivity index (χ1v) is 14.1. The van der Waals surface area contributed by atoms with Gasteiger partial charge in [0, 0.05) is 49.7 Å². The largest absolute Gasteiger partial charge is 0.507 e. The van der Waals surface area contributed by atoms with E-state index >= 15 is 0 Å². The number of phenolic OH excluding ortho intramolecular Hbond substituents is 1. The van der Waals surface area contributed by atoms with Crippen LogP contribution in [0.15, 0.2) is 73.2 Å². The molecule has 1 fully saturated rings. The Morgan fingerprint density at radius 3 is 2.86 bits per heavy atom. The van der Waals surface area contributed by atoms with Gasteiger partial charge in [-0.05, 0) is 55.7 Å². The molecule has 1 saturated heterocycles. The number of hydrogen-bond donors (Lipinski definition) is 2. The van der Waals surface area contributed by atoms with Gasteiger partial charge in [-0.15, -0.1) is 0 Å². The second-order valence-corrected chi connectivity index (χ2v) is 10.2. The summed E-state index contributed by atoms with van der Waals surface area (Å²) in [5.41, 5.74) is 3.70. The number of nitrogens with one attached hydrogen (secondary N) is 1. The first kappa shape index (κ1) is 28.1. The van der Waals surface area contributed by atoms with Crippen molar-refractivity contribution in [2.45, 2.75) is 19.4 Å². The molecular weight excluding hydrogens is 556 g/mol. The number of rotatable bonds is 5. The fraction of sp³-hybridized carbons (Fsp3) is 0.219. The number of aromatic hydroxyl groups is 1. The average molecular weight is 585 g/mol. The van der Waals surface area contributed by atoms with Gasteiger partial charge >= 0.3 is 0 Å². The van der Waals surface area contributed by atoms with Crippen LogP contribution in [-0.2, 0) is 0 Å². The molecule has 218 valence electrons. The van der Waals surface area contributed by atoms with Gasteiger partial charge in [0.2, 0.25) is 0 Å². The highest BCUT2D eigenvalue weighted by atomic mass is 16.3. The van der Waals surface area contributed by atoms with Gasteiger partial charge in [-0.1, -0.05) is 18.1 Å². The molecule has 12 nitrogen and oxygen atoms in total. The molecule has 0 spiro atoms. The molecule has 44 heavy (non-hydrogen) atoms. The predicted octanol–water partition coefficient (Wildman–Crippen LogP) is 3.05. The van der Waals surface area contributed by atoms with Gasteiger partial charge in [-0.2, -0.15) is 20.6 Å². The number of pyridine rings is 1. The highest BCUT2D eigenvalue weighted by Gasteiger charge is 2.23. The molecule has 6 rings (SSSR count). The van der Waals surface area contributed by atoms with Crippen LogP contribution in [-0.4, -0.2) is 73.0 Å². The van der Waals surface area contributed by atoms with Crippen LogP contribution in [0.5, 0.6) is 5.75 Å². The van der Waals surface area contributed by atoms with Crippen LogP contribution in [0.1, 0.15) is 35.1 Å². The van der Waals surface area contributed by atoms with Crippen LogP contribution >= 0.6 is 0 Å².